The van der Waals surface area contributed by atoms with E-state index in [1.165, 1.54) is 51.9 Å². The molecule has 2 aromatic carbocycles. The van der Waals surface area contributed by atoms with E-state index < -0.39 is 5.97 Å². The molecule has 0 spiro atoms. The van der Waals surface area contributed by atoms with Crippen molar-refractivity contribution in [2.45, 2.75) is 64.9 Å². The number of carbonyl (C=O) groups is 1. The standard InChI is InChI=1S/C27H34Cl2O5/c1-3-4-5-6-7-8-9-12-15-33-26-24(28)16-21(17-25(26)29)34-18-20-13-10-11-14-22(20)23(19-32-2)27(30)31/h10-11,13-14,16-17,19H,3-9,12,15,18H2,1-2H3,(H,30,31)/b23-19+. The fraction of sp³-hybridized carbons (Fsp3) is 0.444. The number of ether oxygens (including phenoxy) is 3. The maximum absolute atomic E-state index is 11.6. The molecular formula is C27H34Cl2O5. The Morgan fingerprint density at radius 3 is 2.18 bits per heavy atom. The summed E-state index contributed by atoms with van der Waals surface area (Å²) in [6, 6.07) is 10.4. The minimum atomic E-state index is -1.08. The highest BCUT2D eigenvalue weighted by Gasteiger charge is 2.16. The second-order valence-electron chi connectivity index (χ2n) is 8.06. The molecular weight excluding hydrogens is 475 g/mol. The number of hydrogen-bond acceptors (Lipinski definition) is 4. The molecule has 5 nitrogen and oxygen atoms in total. The number of rotatable bonds is 16. The monoisotopic (exact) mass is 508 g/mol. The number of unbranched alkanes of at least 4 members (excludes halogenated alkanes) is 7. The van der Waals surface area contributed by atoms with Gasteiger partial charge in [-0.1, -0.05) is 99.3 Å². The van der Waals surface area contributed by atoms with E-state index in [0.717, 1.165) is 12.8 Å². The fourth-order valence-corrected chi connectivity index (χ4v) is 4.16. The maximum Gasteiger partial charge on any atom is 0.339 e. The Hall–Kier alpha value is -2.37. The number of aliphatic carboxylic acids is 1. The number of benzene rings is 2. The van der Waals surface area contributed by atoms with Crippen molar-refractivity contribution in [2.24, 2.45) is 0 Å². The molecule has 0 radical (unpaired) electrons. The van der Waals surface area contributed by atoms with Gasteiger partial charge in [0.2, 0.25) is 0 Å². The zero-order chi connectivity index (χ0) is 24.8. The average Bonchev–Trinajstić information content (AvgIpc) is 2.81. The maximum atomic E-state index is 11.6. The largest absolute Gasteiger partial charge is 0.503 e. The highest BCUT2D eigenvalue weighted by Crippen LogP contribution is 2.37. The molecule has 0 aromatic heterocycles. The Balaban J connectivity index is 1.91. The van der Waals surface area contributed by atoms with Crippen LogP contribution < -0.4 is 9.47 Å². The van der Waals surface area contributed by atoms with E-state index in [-0.39, 0.29) is 12.2 Å². The number of halogens is 2. The summed E-state index contributed by atoms with van der Waals surface area (Å²) in [5, 5.41) is 10.2. The van der Waals surface area contributed by atoms with Gasteiger partial charge in [0.1, 0.15) is 17.9 Å². The van der Waals surface area contributed by atoms with Crippen molar-refractivity contribution in [1.29, 1.82) is 0 Å². The van der Waals surface area contributed by atoms with Crippen LogP contribution >= 0.6 is 23.2 Å². The van der Waals surface area contributed by atoms with Crippen LogP contribution in [0.5, 0.6) is 11.5 Å². The van der Waals surface area contributed by atoms with Gasteiger partial charge >= 0.3 is 5.97 Å². The van der Waals surface area contributed by atoms with Crippen LogP contribution in [0.25, 0.3) is 5.57 Å². The first-order chi connectivity index (χ1) is 16.5. The number of carboxylic acids is 1. The van der Waals surface area contributed by atoms with Crippen molar-refractivity contribution in [3.8, 4) is 11.5 Å². The molecule has 0 fully saturated rings. The van der Waals surface area contributed by atoms with Crippen molar-refractivity contribution < 1.29 is 24.1 Å². The Morgan fingerprint density at radius 2 is 1.56 bits per heavy atom. The van der Waals surface area contributed by atoms with Crippen molar-refractivity contribution in [3.63, 3.8) is 0 Å². The predicted molar refractivity (Wildman–Crippen MR) is 138 cm³/mol. The van der Waals surface area contributed by atoms with Gasteiger partial charge in [-0.05, 0) is 17.5 Å². The molecule has 0 heterocycles. The first-order valence-corrected chi connectivity index (χ1v) is 12.5. The quantitative estimate of drug-likeness (QED) is 0.140. The highest BCUT2D eigenvalue weighted by atomic mass is 35.5. The third-order valence-electron chi connectivity index (χ3n) is 5.38. The summed E-state index contributed by atoms with van der Waals surface area (Å²) < 4.78 is 16.6. The lowest BCUT2D eigenvalue weighted by Crippen LogP contribution is -2.06. The summed E-state index contributed by atoms with van der Waals surface area (Å²) in [6.45, 7) is 2.92. The molecule has 0 amide bonds. The topological polar surface area (TPSA) is 65.0 Å². The summed E-state index contributed by atoms with van der Waals surface area (Å²) >= 11 is 12.8. The summed E-state index contributed by atoms with van der Waals surface area (Å²) in [5.41, 5.74) is 1.25. The molecule has 0 bridgehead atoms. The van der Waals surface area contributed by atoms with Crippen LogP contribution in [0.1, 0.15) is 69.4 Å². The average molecular weight is 509 g/mol. The molecule has 0 saturated heterocycles. The van der Waals surface area contributed by atoms with Crippen LogP contribution in [0.15, 0.2) is 42.7 Å². The van der Waals surface area contributed by atoms with Crippen LogP contribution in [0, 0.1) is 0 Å². The van der Waals surface area contributed by atoms with Gasteiger partial charge in [-0.3, -0.25) is 0 Å². The summed E-state index contributed by atoms with van der Waals surface area (Å²) in [5.74, 6) is -0.162. The number of hydrogen-bond donors (Lipinski definition) is 1. The zero-order valence-electron chi connectivity index (χ0n) is 19.9. The van der Waals surface area contributed by atoms with Crippen molar-refractivity contribution in [2.75, 3.05) is 13.7 Å². The third-order valence-corrected chi connectivity index (χ3v) is 5.95. The molecule has 186 valence electrons. The number of methoxy groups -OCH3 is 1. The summed E-state index contributed by atoms with van der Waals surface area (Å²) in [7, 11) is 1.41. The van der Waals surface area contributed by atoms with Gasteiger partial charge in [0.15, 0.2) is 5.75 Å². The molecule has 0 aliphatic rings. The zero-order valence-corrected chi connectivity index (χ0v) is 21.5. The number of carboxylic acid groups (broad SMARTS) is 1. The van der Waals surface area contributed by atoms with Gasteiger partial charge in [0.05, 0.1) is 30.0 Å². The summed E-state index contributed by atoms with van der Waals surface area (Å²) in [6.07, 6.45) is 11.0. The Kier molecular flexibility index (Phi) is 12.7. The Labute approximate surface area is 212 Å². The fourth-order valence-electron chi connectivity index (χ4n) is 3.58. The minimum absolute atomic E-state index is 0.0440. The van der Waals surface area contributed by atoms with Gasteiger partial charge in [0.25, 0.3) is 0 Å². The second kappa shape index (κ2) is 15.5. The van der Waals surface area contributed by atoms with E-state index in [2.05, 4.69) is 6.92 Å². The lowest BCUT2D eigenvalue weighted by molar-refractivity contribution is -0.130. The van der Waals surface area contributed by atoms with Crippen molar-refractivity contribution in [3.05, 3.63) is 63.8 Å². The van der Waals surface area contributed by atoms with E-state index in [1.807, 2.05) is 6.07 Å². The second-order valence-corrected chi connectivity index (χ2v) is 8.87. The molecule has 0 aliphatic heterocycles. The molecule has 0 aliphatic carbocycles. The van der Waals surface area contributed by atoms with Gasteiger partial charge in [0, 0.05) is 12.1 Å². The summed E-state index contributed by atoms with van der Waals surface area (Å²) in [4.78, 5) is 11.6. The molecule has 34 heavy (non-hydrogen) atoms. The molecule has 1 N–H and O–H groups in total. The molecule has 0 unspecified atom stereocenters. The van der Waals surface area contributed by atoms with Crippen LogP contribution in [0.2, 0.25) is 10.0 Å². The van der Waals surface area contributed by atoms with E-state index >= 15 is 0 Å². The van der Waals surface area contributed by atoms with E-state index in [1.54, 1.807) is 30.3 Å². The Bertz CT molecular complexity index is 919. The van der Waals surface area contributed by atoms with Gasteiger partial charge in [-0.25, -0.2) is 4.79 Å². The van der Waals surface area contributed by atoms with E-state index in [0.29, 0.717) is 39.3 Å². The molecule has 2 rings (SSSR count). The normalized spacial score (nSPS) is 11.4. The first-order valence-electron chi connectivity index (χ1n) is 11.8. The van der Waals surface area contributed by atoms with Gasteiger partial charge < -0.3 is 19.3 Å². The predicted octanol–water partition coefficient (Wildman–Crippen LogP) is 8.16. The van der Waals surface area contributed by atoms with Crippen LogP contribution in [-0.4, -0.2) is 24.8 Å². The van der Waals surface area contributed by atoms with Crippen LogP contribution in [0.4, 0.5) is 0 Å². The third kappa shape index (κ3) is 9.11. The lowest BCUT2D eigenvalue weighted by Gasteiger charge is -2.14. The highest BCUT2D eigenvalue weighted by molar-refractivity contribution is 6.37. The molecule has 2 aromatic rings. The minimum Gasteiger partial charge on any atom is -0.503 e. The van der Waals surface area contributed by atoms with Crippen LogP contribution in [0.3, 0.4) is 0 Å². The van der Waals surface area contributed by atoms with Crippen molar-refractivity contribution in [1.82, 2.24) is 0 Å². The van der Waals surface area contributed by atoms with Gasteiger partial charge in [-0.2, -0.15) is 0 Å². The lowest BCUT2D eigenvalue weighted by atomic mass is 10.0. The molecule has 0 atom stereocenters. The Morgan fingerprint density at radius 1 is 0.941 bits per heavy atom. The SMILES string of the molecule is CCCCCCCCCCOc1c(Cl)cc(OCc2ccccc2/C(=C\OC)C(=O)O)cc1Cl. The van der Waals surface area contributed by atoms with Crippen LogP contribution in [-0.2, 0) is 16.1 Å². The smallest absolute Gasteiger partial charge is 0.339 e. The van der Waals surface area contributed by atoms with E-state index in [4.69, 9.17) is 37.4 Å². The molecule has 0 saturated carbocycles. The first kappa shape index (κ1) is 27.9. The van der Waals surface area contributed by atoms with Crippen molar-refractivity contribution >= 4 is 34.7 Å². The van der Waals surface area contributed by atoms with E-state index in [9.17, 15) is 9.90 Å². The molecule has 7 heteroatoms. The van der Waals surface area contributed by atoms with Gasteiger partial charge in [-0.15, -0.1) is 0 Å².